The third-order valence-electron chi connectivity index (χ3n) is 2.43. The molecule has 0 aliphatic rings. The highest BCUT2D eigenvalue weighted by Crippen LogP contribution is 2.23. The van der Waals surface area contributed by atoms with E-state index in [-0.39, 0.29) is 0 Å². The lowest BCUT2D eigenvalue weighted by Gasteiger charge is -2.20. The molecule has 2 N–H and O–H groups in total. The summed E-state index contributed by atoms with van der Waals surface area (Å²) in [6.45, 7) is 4.36. The molecule has 5 heteroatoms. The van der Waals surface area contributed by atoms with E-state index in [1.54, 1.807) is 7.11 Å². The van der Waals surface area contributed by atoms with Crippen LogP contribution in [0.2, 0.25) is 0 Å². The molecule has 80 valence electrons. The summed E-state index contributed by atoms with van der Waals surface area (Å²) in [5.74, 6) is 1.04. The van der Waals surface area contributed by atoms with Crippen molar-refractivity contribution in [2.45, 2.75) is 38.8 Å². The van der Waals surface area contributed by atoms with Gasteiger partial charge in [0, 0.05) is 7.11 Å². The highest BCUT2D eigenvalue weighted by Gasteiger charge is 2.29. The summed E-state index contributed by atoms with van der Waals surface area (Å²) in [6, 6.07) is 0. The topological polar surface area (TPSA) is 74.2 Å². The van der Waals surface area contributed by atoms with Gasteiger partial charge >= 0.3 is 0 Å². The molecular weight excluding hydrogens is 182 g/mol. The molecule has 0 bridgehead atoms. The van der Waals surface area contributed by atoms with E-state index >= 15 is 0 Å². The first-order valence-corrected chi connectivity index (χ1v) is 4.77. The van der Waals surface area contributed by atoms with E-state index in [4.69, 9.17) is 15.0 Å². The summed E-state index contributed by atoms with van der Waals surface area (Å²) in [5, 5.41) is 3.78. The van der Waals surface area contributed by atoms with E-state index in [1.165, 1.54) is 0 Å². The monoisotopic (exact) mass is 199 g/mol. The predicted molar refractivity (Wildman–Crippen MR) is 51.5 cm³/mol. The highest BCUT2D eigenvalue weighted by molar-refractivity contribution is 5.00. The quantitative estimate of drug-likeness (QED) is 0.771. The molecule has 5 nitrogen and oxygen atoms in total. The van der Waals surface area contributed by atoms with Gasteiger partial charge in [-0.2, -0.15) is 4.98 Å². The van der Waals surface area contributed by atoms with Crippen LogP contribution in [0.3, 0.4) is 0 Å². The molecule has 0 saturated heterocycles. The Kier molecular flexibility index (Phi) is 3.60. The number of methoxy groups -OCH3 is 1. The minimum atomic E-state index is -0.501. The second-order valence-corrected chi connectivity index (χ2v) is 3.31. The maximum absolute atomic E-state index is 6.09. The van der Waals surface area contributed by atoms with E-state index < -0.39 is 5.54 Å². The van der Waals surface area contributed by atoms with Crippen molar-refractivity contribution in [3.05, 3.63) is 11.7 Å². The van der Waals surface area contributed by atoms with Crippen LogP contribution in [0, 0.1) is 0 Å². The SMILES string of the molecule is CCC(N)(CC)c1nc(COC)no1. The van der Waals surface area contributed by atoms with E-state index in [0.717, 1.165) is 12.8 Å². The van der Waals surface area contributed by atoms with Crippen LogP contribution >= 0.6 is 0 Å². The predicted octanol–water partition coefficient (Wildman–Crippen LogP) is 1.19. The van der Waals surface area contributed by atoms with Gasteiger partial charge in [-0.1, -0.05) is 19.0 Å². The van der Waals surface area contributed by atoms with Gasteiger partial charge in [-0.05, 0) is 12.8 Å². The summed E-state index contributed by atoms with van der Waals surface area (Å²) in [4.78, 5) is 4.19. The first kappa shape index (κ1) is 11.1. The fraction of sp³-hybridized carbons (Fsp3) is 0.778. The van der Waals surface area contributed by atoms with Crippen LogP contribution in [0.15, 0.2) is 4.52 Å². The van der Waals surface area contributed by atoms with Crippen LogP contribution in [0.4, 0.5) is 0 Å². The van der Waals surface area contributed by atoms with Crippen LogP contribution in [0.25, 0.3) is 0 Å². The average Bonchev–Trinajstić information content (AvgIpc) is 2.66. The van der Waals surface area contributed by atoms with Crippen molar-refractivity contribution >= 4 is 0 Å². The van der Waals surface area contributed by atoms with Crippen molar-refractivity contribution in [3.8, 4) is 0 Å². The zero-order valence-corrected chi connectivity index (χ0v) is 8.91. The molecule has 0 radical (unpaired) electrons. The number of hydrogen-bond donors (Lipinski definition) is 1. The Morgan fingerprint density at radius 2 is 2.07 bits per heavy atom. The molecule has 14 heavy (non-hydrogen) atoms. The molecule has 1 heterocycles. The van der Waals surface area contributed by atoms with Gasteiger partial charge in [-0.25, -0.2) is 0 Å². The lowest BCUT2D eigenvalue weighted by molar-refractivity contribution is 0.174. The third-order valence-corrected chi connectivity index (χ3v) is 2.43. The van der Waals surface area contributed by atoms with Crippen molar-refractivity contribution in [3.63, 3.8) is 0 Å². The molecule has 0 atom stereocenters. The zero-order chi connectivity index (χ0) is 10.6. The van der Waals surface area contributed by atoms with E-state index in [0.29, 0.717) is 18.3 Å². The van der Waals surface area contributed by atoms with Crippen LogP contribution in [0.5, 0.6) is 0 Å². The Labute approximate surface area is 83.6 Å². The minimum absolute atomic E-state index is 0.354. The summed E-state index contributed by atoms with van der Waals surface area (Å²) >= 11 is 0. The van der Waals surface area contributed by atoms with Gasteiger partial charge in [-0.15, -0.1) is 0 Å². The molecular formula is C9H17N3O2. The fourth-order valence-electron chi connectivity index (χ4n) is 1.20. The molecule has 1 rings (SSSR count). The number of ether oxygens (including phenoxy) is 1. The van der Waals surface area contributed by atoms with E-state index in [2.05, 4.69) is 10.1 Å². The smallest absolute Gasteiger partial charge is 0.246 e. The van der Waals surface area contributed by atoms with Gasteiger partial charge in [0.25, 0.3) is 0 Å². The molecule has 0 aliphatic heterocycles. The number of nitrogens with two attached hydrogens (primary N) is 1. The lowest BCUT2D eigenvalue weighted by Crippen LogP contribution is -2.35. The Hall–Kier alpha value is -0.940. The number of aromatic nitrogens is 2. The van der Waals surface area contributed by atoms with Crippen molar-refractivity contribution < 1.29 is 9.26 Å². The molecule has 1 aromatic rings. The van der Waals surface area contributed by atoms with E-state index in [9.17, 15) is 0 Å². The molecule has 0 spiro atoms. The average molecular weight is 199 g/mol. The number of nitrogens with zero attached hydrogens (tertiary/aromatic N) is 2. The molecule has 0 fully saturated rings. The number of hydrogen-bond acceptors (Lipinski definition) is 5. The third kappa shape index (κ3) is 2.10. The lowest BCUT2D eigenvalue weighted by atomic mass is 9.94. The normalized spacial score (nSPS) is 12.0. The van der Waals surface area contributed by atoms with Gasteiger partial charge in [0.05, 0.1) is 5.54 Å². The summed E-state index contributed by atoms with van der Waals surface area (Å²) in [7, 11) is 1.59. The Balaban J connectivity index is 2.84. The number of rotatable bonds is 5. The standard InChI is InChI=1S/C9H17N3O2/c1-4-9(10,5-2)8-11-7(6-13-3)12-14-8/h4-6,10H2,1-3H3. The maximum Gasteiger partial charge on any atom is 0.246 e. The van der Waals surface area contributed by atoms with Crippen molar-refractivity contribution in [2.24, 2.45) is 5.73 Å². The Morgan fingerprint density at radius 1 is 1.43 bits per heavy atom. The van der Waals surface area contributed by atoms with Gasteiger partial charge in [-0.3, -0.25) is 0 Å². The van der Waals surface area contributed by atoms with Crippen molar-refractivity contribution in [1.29, 1.82) is 0 Å². The van der Waals surface area contributed by atoms with Crippen molar-refractivity contribution in [1.82, 2.24) is 10.1 Å². The molecule has 0 amide bonds. The van der Waals surface area contributed by atoms with Crippen LogP contribution in [-0.2, 0) is 16.9 Å². The Morgan fingerprint density at radius 3 is 2.57 bits per heavy atom. The minimum Gasteiger partial charge on any atom is -0.377 e. The van der Waals surface area contributed by atoms with Gasteiger partial charge in [0.2, 0.25) is 5.89 Å². The summed E-state index contributed by atoms with van der Waals surface area (Å²) in [6.07, 6.45) is 1.55. The summed E-state index contributed by atoms with van der Waals surface area (Å²) in [5.41, 5.74) is 5.59. The van der Waals surface area contributed by atoms with Crippen LogP contribution < -0.4 is 5.73 Å². The molecule has 0 aliphatic carbocycles. The highest BCUT2D eigenvalue weighted by atomic mass is 16.5. The maximum atomic E-state index is 6.09. The van der Waals surface area contributed by atoms with Crippen LogP contribution in [-0.4, -0.2) is 17.3 Å². The van der Waals surface area contributed by atoms with E-state index in [1.807, 2.05) is 13.8 Å². The van der Waals surface area contributed by atoms with Gasteiger partial charge < -0.3 is 15.0 Å². The summed E-state index contributed by atoms with van der Waals surface area (Å²) < 4.78 is 9.99. The first-order chi connectivity index (χ1) is 6.66. The second kappa shape index (κ2) is 4.52. The molecule has 1 aromatic heterocycles. The van der Waals surface area contributed by atoms with Gasteiger partial charge in [0.1, 0.15) is 6.61 Å². The molecule has 0 unspecified atom stereocenters. The zero-order valence-electron chi connectivity index (χ0n) is 8.91. The molecule has 0 aromatic carbocycles. The van der Waals surface area contributed by atoms with Crippen LogP contribution in [0.1, 0.15) is 38.4 Å². The van der Waals surface area contributed by atoms with Gasteiger partial charge in [0.15, 0.2) is 5.82 Å². The molecule has 0 saturated carbocycles. The Bertz CT molecular complexity index is 281. The van der Waals surface area contributed by atoms with Crippen molar-refractivity contribution in [2.75, 3.05) is 7.11 Å². The second-order valence-electron chi connectivity index (χ2n) is 3.31. The first-order valence-electron chi connectivity index (χ1n) is 4.77. The fourth-order valence-corrected chi connectivity index (χ4v) is 1.20. The largest absolute Gasteiger partial charge is 0.377 e.